The lowest BCUT2D eigenvalue weighted by atomic mass is 10.1. The van der Waals surface area contributed by atoms with E-state index in [1.54, 1.807) is 38.3 Å². The van der Waals surface area contributed by atoms with E-state index in [0.717, 1.165) is 11.1 Å². The van der Waals surface area contributed by atoms with Gasteiger partial charge in [-0.3, -0.25) is 5.41 Å². The van der Waals surface area contributed by atoms with Crippen LogP contribution in [0.5, 0.6) is 11.5 Å². The molecule has 0 fully saturated rings. The summed E-state index contributed by atoms with van der Waals surface area (Å²) in [4.78, 5) is 0. The molecule has 0 aliphatic carbocycles. The molecule has 0 radical (unpaired) electrons. The summed E-state index contributed by atoms with van der Waals surface area (Å²) in [6.07, 6.45) is 0. The number of ether oxygens (including phenoxy) is 2. The first kappa shape index (κ1) is 14.8. The Morgan fingerprint density at radius 3 is 2.52 bits per heavy atom. The molecule has 0 saturated heterocycles. The summed E-state index contributed by atoms with van der Waals surface area (Å²) >= 11 is 0. The monoisotopic (exact) mass is 288 g/mol. The van der Waals surface area contributed by atoms with E-state index in [1.165, 1.54) is 12.1 Å². The Kier molecular flexibility index (Phi) is 4.42. The zero-order valence-electron chi connectivity index (χ0n) is 11.9. The molecular weight excluding hydrogens is 271 g/mol. The van der Waals surface area contributed by atoms with Crippen molar-refractivity contribution in [3.8, 4) is 11.5 Å². The summed E-state index contributed by atoms with van der Waals surface area (Å²) in [6.45, 7) is 2.03. The minimum Gasteiger partial charge on any atom is -0.496 e. The van der Waals surface area contributed by atoms with Gasteiger partial charge in [-0.1, -0.05) is 0 Å². The van der Waals surface area contributed by atoms with Crippen LogP contribution in [0.4, 0.5) is 4.39 Å². The van der Waals surface area contributed by atoms with Crippen molar-refractivity contribution in [2.75, 3.05) is 7.11 Å². The lowest BCUT2D eigenvalue weighted by molar-refractivity contribution is 0.294. The third-order valence-corrected chi connectivity index (χ3v) is 3.11. The van der Waals surface area contributed by atoms with E-state index < -0.39 is 0 Å². The van der Waals surface area contributed by atoms with E-state index in [4.69, 9.17) is 20.6 Å². The lowest BCUT2D eigenvalue weighted by Crippen LogP contribution is -2.12. The van der Waals surface area contributed by atoms with Crippen molar-refractivity contribution in [1.82, 2.24) is 0 Å². The summed E-state index contributed by atoms with van der Waals surface area (Å²) in [5.41, 5.74) is 7.58. The van der Waals surface area contributed by atoms with Crippen molar-refractivity contribution in [2.45, 2.75) is 13.5 Å². The molecule has 5 heteroatoms. The fourth-order valence-corrected chi connectivity index (χ4v) is 1.99. The van der Waals surface area contributed by atoms with Gasteiger partial charge in [-0.2, -0.15) is 0 Å². The van der Waals surface area contributed by atoms with Crippen LogP contribution in [0.2, 0.25) is 0 Å². The minimum atomic E-state index is -0.295. The van der Waals surface area contributed by atoms with Crippen LogP contribution in [-0.4, -0.2) is 12.9 Å². The molecule has 2 aromatic carbocycles. The number of amidine groups is 1. The van der Waals surface area contributed by atoms with Crippen molar-refractivity contribution in [2.24, 2.45) is 5.73 Å². The van der Waals surface area contributed by atoms with Crippen LogP contribution in [0, 0.1) is 18.2 Å². The topological polar surface area (TPSA) is 68.3 Å². The normalized spacial score (nSPS) is 10.2. The van der Waals surface area contributed by atoms with Crippen LogP contribution >= 0.6 is 0 Å². The number of aryl methyl sites for hydroxylation is 1. The largest absolute Gasteiger partial charge is 0.496 e. The first-order valence-electron chi connectivity index (χ1n) is 6.41. The second-order valence-electron chi connectivity index (χ2n) is 4.64. The molecule has 0 amide bonds. The predicted octanol–water partition coefficient (Wildman–Crippen LogP) is 3.01. The number of nitrogen functional groups attached to an aromatic ring is 1. The number of halogens is 1. The zero-order chi connectivity index (χ0) is 15.4. The van der Waals surface area contributed by atoms with Crippen molar-refractivity contribution in [3.63, 3.8) is 0 Å². The molecule has 0 aromatic heterocycles. The molecule has 0 heterocycles. The molecule has 0 bridgehead atoms. The molecule has 2 aromatic rings. The summed E-state index contributed by atoms with van der Waals surface area (Å²) in [7, 11) is 1.56. The molecule has 3 N–H and O–H groups in total. The van der Waals surface area contributed by atoms with Gasteiger partial charge in [0.2, 0.25) is 0 Å². The van der Waals surface area contributed by atoms with E-state index >= 15 is 0 Å². The van der Waals surface area contributed by atoms with Crippen molar-refractivity contribution in [1.29, 1.82) is 5.41 Å². The third kappa shape index (κ3) is 3.51. The quantitative estimate of drug-likeness (QED) is 0.656. The smallest absolute Gasteiger partial charge is 0.125 e. The molecule has 0 spiro atoms. The van der Waals surface area contributed by atoms with Crippen molar-refractivity contribution < 1.29 is 13.9 Å². The van der Waals surface area contributed by atoms with Gasteiger partial charge in [-0.05, 0) is 48.9 Å². The highest BCUT2D eigenvalue weighted by molar-refractivity contribution is 5.95. The number of methoxy groups -OCH3 is 1. The SMILES string of the molecule is COc1ccc(C(=N)N)cc1COc1ccc(F)cc1C. The van der Waals surface area contributed by atoms with Gasteiger partial charge in [-0.25, -0.2) is 4.39 Å². The number of nitrogens with two attached hydrogens (primary N) is 1. The Labute approximate surface area is 122 Å². The van der Waals surface area contributed by atoms with Crippen LogP contribution < -0.4 is 15.2 Å². The Morgan fingerprint density at radius 1 is 1.19 bits per heavy atom. The van der Waals surface area contributed by atoms with Crippen molar-refractivity contribution >= 4 is 5.84 Å². The molecular formula is C16H17FN2O2. The van der Waals surface area contributed by atoms with Gasteiger partial charge in [0.1, 0.15) is 29.8 Å². The Morgan fingerprint density at radius 2 is 1.90 bits per heavy atom. The van der Waals surface area contributed by atoms with Crippen LogP contribution in [0.25, 0.3) is 0 Å². The lowest BCUT2D eigenvalue weighted by Gasteiger charge is -2.13. The number of hydrogen-bond acceptors (Lipinski definition) is 3. The van der Waals surface area contributed by atoms with Gasteiger partial charge >= 0.3 is 0 Å². The number of hydrogen-bond donors (Lipinski definition) is 2. The van der Waals surface area contributed by atoms with Crippen LogP contribution in [0.3, 0.4) is 0 Å². The molecule has 0 atom stereocenters. The third-order valence-electron chi connectivity index (χ3n) is 3.11. The molecule has 110 valence electrons. The molecule has 0 saturated carbocycles. The maximum Gasteiger partial charge on any atom is 0.125 e. The van der Waals surface area contributed by atoms with E-state index in [2.05, 4.69) is 0 Å². The van der Waals surface area contributed by atoms with E-state index in [9.17, 15) is 4.39 Å². The number of benzene rings is 2. The zero-order valence-corrected chi connectivity index (χ0v) is 11.9. The average molecular weight is 288 g/mol. The van der Waals surface area contributed by atoms with E-state index in [0.29, 0.717) is 17.1 Å². The summed E-state index contributed by atoms with van der Waals surface area (Å²) in [6, 6.07) is 9.57. The predicted molar refractivity (Wildman–Crippen MR) is 79.5 cm³/mol. The Bertz CT molecular complexity index is 671. The highest BCUT2D eigenvalue weighted by Gasteiger charge is 2.08. The first-order valence-corrected chi connectivity index (χ1v) is 6.41. The Hall–Kier alpha value is -2.56. The molecule has 21 heavy (non-hydrogen) atoms. The maximum absolute atomic E-state index is 13.1. The summed E-state index contributed by atoms with van der Waals surface area (Å²) in [5.74, 6) is 0.944. The van der Waals surface area contributed by atoms with Gasteiger partial charge in [0.25, 0.3) is 0 Å². The fraction of sp³-hybridized carbons (Fsp3) is 0.188. The van der Waals surface area contributed by atoms with E-state index in [1.807, 2.05) is 0 Å². The molecule has 4 nitrogen and oxygen atoms in total. The minimum absolute atomic E-state index is 0.0168. The molecule has 0 unspecified atom stereocenters. The van der Waals surface area contributed by atoms with Gasteiger partial charge in [0, 0.05) is 11.1 Å². The van der Waals surface area contributed by atoms with Crippen LogP contribution in [-0.2, 0) is 6.61 Å². The van der Waals surface area contributed by atoms with Gasteiger partial charge in [-0.15, -0.1) is 0 Å². The van der Waals surface area contributed by atoms with Crippen LogP contribution in [0.1, 0.15) is 16.7 Å². The van der Waals surface area contributed by atoms with Gasteiger partial charge in [0.05, 0.1) is 7.11 Å². The maximum atomic E-state index is 13.1. The first-order chi connectivity index (χ1) is 10.0. The fourth-order valence-electron chi connectivity index (χ4n) is 1.99. The highest BCUT2D eigenvalue weighted by Crippen LogP contribution is 2.24. The average Bonchev–Trinajstić information content (AvgIpc) is 2.46. The summed E-state index contributed by atoms with van der Waals surface area (Å²) in [5, 5.41) is 7.47. The summed E-state index contributed by atoms with van der Waals surface area (Å²) < 4.78 is 24.0. The van der Waals surface area contributed by atoms with Crippen molar-refractivity contribution in [3.05, 3.63) is 58.9 Å². The van der Waals surface area contributed by atoms with Gasteiger partial charge < -0.3 is 15.2 Å². The number of rotatable bonds is 5. The van der Waals surface area contributed by atoms with Crippen LogP contribution in [0.15, 0.2) is 36.4 Å². The highest BCUT2D eigenvalue weighted by atomic mass is 19.1. The Balaban J connectivity index is 2.22. The van der Waals surface area contributed by atoms with E-state index in [-0.39, 0.29) is 18.3 Å². The second-order valence-corrected chi connectivity index (χ2v) is 4.64. The molecule has 0 aliphatic heterocycles. The second kappa shape index (κ2) is 6.26. The van der Waals surface area contributed by atoms with Gasteiger partial charge in [0.15, 0.2) is 0 Å². The molecule has 2 rings (SSSR count). The number of nitrogens with one attached hydrogen (secondary N) is 1. The standard InChI is InChI=1S/C16H17FN2O2/c1-10-7-13(17)4-6-14(10)21-9-12-8-11(16(18)19)3-5-15(12)20-2/h3-8H,9H2,1-2H3,(H3,18,19). The molecule has 0 aliphatic rings.